The van der Waals surface area contributed by atoms with Crippen LogP contribution < -0.4 is 5.73 Å². The number of alkyl halides is 1. The topological polar surface area (TPSA) is 49.9 Å². The van der Waals surface area contributed by atoms with Gasteiger partial charge in [-0.1, -0.05) is 0 Å². The number of hydrogen-bond donors (Lipinski definition) is 2. The summed E-state index contributed by atoms with van der Waals surface area (Å²) in [6.07, 6.45) is -1.56. The Morgan fingerprint density at radius 3 is 2.62 bits per heavy atom. The molecule has 0 aromatic heterocycles. The van der Waals surface area contributed by atoms with Gasteiger partial charge in [-0.25, -0.2) is 13.2 Å². The fourth-order valence-electron chi connectivity index (χ4n) is 1.31. The maximum atomic E-state index is 13.3. The highest BCUT2D eigenvalue weighted by molar-refractivity contribution is 5.85. The van der Waals surface area contributed by atoms with E-state index in [4.69, 9.17) is 11.1 Å². The van der Waals surface area contributed by atoms with Gasteiger partial charge in [-0.05, 0) is 25.1 Å². The zero-order valence-electron chi connectivity index (χ0n) is 8.81. The van der Waals surface area contributed by atoms with Gasteiger partial charge in [0.25, 0.3) is 0 Å². The first-order chi connectivity index (χ1) is 7.41. The first-order valence-corrected chi connectivity index (χ1v) is 4.83. The van der Waals surface area contributed by atoms with Crippen LogP contribution in [0.2, 0.25) is 0 Å². The van der Waals surface area contributed by atoms with Crippen molar-refractivity contribution in [1.82, 2.24) is 0 Å². The van der Waals surface area contributed by atoms with Crippen LogP contribution in [0.1, 0.15) is 24.9 Å². The fourth-order valence-corrected chi connectivity index (χ4v) is 1.31. The summed E-state index contributed by atoms with van der Waals surface area (Å²) in [5.41, 5.74) is 5.33. The number of nitrogens with one attached hydrogen (secondary N) is 1. The second-order valence-electron chi connectivity index (χ2n) is 3.62. The molecule has 5 heteroatoms. The van der Waals surface area contributed by atoms with Crippen molar-refractivity contribution in [2.75, 3.05) is 0 Å². The lowest BCUT2D eigenvalue weighted by Crippen LogP contribution is -2.21. The largest absolute Gasteiger partial charge is 0.324 e. The molecule has 2 unspecified atom stereocenters. The molecule has 0 amide bonds. The average molecular weight is 230 g/mol. The Balaban J connectivity index is 2.84. The standard InChI is InChI=1S/C11H13F3N2/c1-6(12)10(15)5-11(16)8-4-7(13)2-3-9(8)14/h2-4,6,11,15H,5,16H2,1H3. The minimum Gasteiger partial charge on any atom is -0.324 e. The molecule has 16 heavy (non-hydrogen) atoms. The van der Waals surface area contributed by atoms with Crippen LogP contribution in [-0.2, 0) is 0 Å². The molecule has 0 aliphatic carbocycles. The van der Waals surface area contributed by atoms with Gasteiger partial charge >= 0.3 is 0 Å². The SMILES string of the molecule is CC(F)C(=N)CC(N)c1cc(F)ccc1F. The molecule has 3 N–H and O–H groups in total. The van der Waals surface area contributed by atoms with Crippen molar-refractivity contribution in [2.45, 2.75) is 25.6 Å². The molecule has 1 rings (SSSR count). The van der Waals surface area contributed by atoms with E-state index in [0.717, 1.165) is 18.2 Å². The number of nitrogens with two attached hydrogens (primary N) is 1. The van der Waals surface area contributed by atoms with Crippen LogP contribution in [0.15, 0.2) is 18.2 Å². The molecule has 1 aromatic carbocycles. The summed E-state index contributed by atoms with van der Waals surface area (Å²) in [5, 5.41) is 7.28. The van der Waals surface area contributed by atoms with Gasteiger partial charge in [-0.15, -0.1) is 0 Å². The van der Waals surface area contributed by atoms with E-state index in [-0.39, 0.29) is 17.7 Å². The first kappa shape index (κ1) is 12.7. The quantitative estimate of drug-likeness (QED) is 0.768. The Bertz CT molecular complexity index is 391. The van der Waals surface area contributed by atoms with Gasteiger partial charge in [0.15, 0.2) is 0 Å². The number of hydrogen-bond acceptors (Lipinski definition) is 2. The molecule has 0 fully saturated rings. The highest BCUT2D eigenvalue weighted by Gasteiger charge is 2.17. The van der Waals surface area contributed by atoms with Gasteiger partial charge < -0.3 is 11.1 Å². The van der Waals surface area contributed by atoms with Crippen molar-refractivity contribution in [3.8, 4) is 0 Å². The molecule has 0 radical (unpaired) electrons. The van der Waals surface area contributed by atoms with Gasteiger partial charge in [0.1, 0.15) is 17.8 Å². The predicted molar refractivity (Wildman–Crippen MR) is 56.2 cm³/mol. The van der Waals surface area contributed by atoms with E-state index in [2.05, 4.69) is 0 Å². The summed E-state index contributed by atoms with van der Waals surface area (Å²) in [4.78, 5) is 0. The molecule has 0 bridgehead atoms. The third kappa shape index (κ3) is 3.06. The third-order valence-corrected chi connectivity index (χ3v) is 2.28. The van der Waals surface area contributed by atoms with Gasteiger partial charge in [-0.3, -0.25) is 0 Å². The Morgan fingerprint density at radius 2 is 2.06 bits per heavy atom. The van der Waals surface area contributed by atoms with Crippen LogP contribution >= 0.6 is 0 Å². The average Bonchev–Trinajstić information content (AvgIpc) is 2.21. The molecule has 0 saturated carbocycles. The van der Waals surface area contributed by atoms with Crippen LogP contribution in [0.4, 0.5) is 13.2 Å². The lowest BCUT2D eigenvalue weighted by Gasteiger charge is -2.14. The summed E-state index contributed by atoms with van der Waals surface area (Å²) in [5.74, 6) is -1.25. The van der Waals surface area contributed by atoms with Gasteiger partial charge in [-0.2, -0.15) is 0 Å². The molecule has 2 atom stereocenters. The molecule has 0 saturated heterocycles. The van der Waals surface area contributed by atoms with Crippen molar-refractivity contribution >= 4 is 5.71 Å². The van der Waals surface area contributed by atoms with Crippen molar-refractivity contribution in [2.24, 2.45) is 5.73 Å². The van der Waals surface area contributed by atoms with Crippen molar-refractivity contribution in [1.29, 1.82) is 5.41 Å². The molecular weight excluding hydrogens is 217 g/mol. The molecule has 88 valence electrons. The van der Waals surface area contributed by atoms with E-state index in [0.29, 0.717) is 0 Å². The van der Waals surface area contributed by atoms with Crippen LogP contribution in [0.3, 0.4) is 0 Å². The molecule has 0 aliphatic rings. The summed E-state index contributed by atoms with van der Waals surface area (Å²) < 4.78 is 38.8. The molecule has 0 spiro atoms. The Labute approximate surface area is 91.8 Å². The highest BCUT2D eigenvalue weighted by atomic mass is 19.1. The molecule has 2 nitrogen and oxygen atoms in total. The van der Waals surface area contributed by atoms with E-state index in [1.165, 1.54) is 6.92 Å². The second-order valence-corrected chi connectivity index (χ2v) is 3.62. The van der Waals surface area contributed by atoms with E-state index in [1.54, 1.807) is 0 Å². The Hall–Kier alpha value is -1.36. The Kier molecular flexibility index (Phi) is 4.06. The number of rotatable bonds is 4. The van der Waals surface area contributed by atoms with Crippen molar-refractivity contribution in [3.05, 3.63) is 35.4 Å². The predicted octanol–water partition coefficient (Wildman–Crippen LogP) is 2.73. The maximum absolute atomic E-state index is 13.3. The van der Waals surface area contributed by atoms with Crippen LogP contribution in [-0.4, -0.2) is 11.9 Å². The molecular formula is C11H13F3N2. The van der Waals surface area contributed by atoms with E-state index >= 15 is 0 Å². The fraction of sp³-hybridized carbons (Fsp3) is 0.364. The monoisotopic (exact) mass is 230 g/mol. The van der Waals surface area contributed by atoms with Gasteiger partial charge in [0, 0.05) is 23.7 Å². The minimum absolute atomic E-state index is 0.0367. The Morgan fingerprint density at radius 1 is 1.44 bits per heavy atom. The van der Waals surface area contributed by atoms with E-state index in [1.807, 2.05) is 0 Å². The summed E-state index contributed by atoms with van der Waals surface area (Å²) in [6, 6.07) is 2.01. The highest BCUT2D eigenvalue weighted by Crippen LogP contribution is 2.20. The second kappa shape index (κ2) is 5.12. The molecule has 0 aliphatic heterocycles. The summed E-state index contributed by atoms with van der Waals surface area (Å²) in [7, 11) is 0. The maximum Gasteiger partial charge on any atom is 0.135 e. The van der Waals surface area contributed by atoms with Crippen molar-refractivity contribution in [3.63, 3.8) is 0 Å². The minimum atomic E-state index is -1.43. The first-order valence-electron chi connectivity index (χ1n) is 4.83. The number of halogens is 3. The molecule has 1 aromatic rings. The van der Waals surface area contributed by atoms with Crippen LogP contribution in [0.25, 0.3) is 0 Å². The summed E-state index contributed by atoms with van der Waals surface area (Å²) >= 11 is 0. The number of benzene rings is 1. The van der Waals surface area contributed by atoms with E-state index < -0.39 is 23.8 Å². The third-order valence-electron chi connectivity index (χ3n) is 2.28. The lowest BCUT2D eigenvalue weighted by molar-refractivity contribution is 0.443. The zero-order valence-corrected chi connectivity index (χ0v) is 8.81. The normalized spacial score (nSPS) is 14.6. The van der Waals surface area contributed by atoms with E-state index in [9.17, 15) is 13.2 Å². The van der Waals surface area contributed by atoms with Gasteiger partial charge in [0.2, 0.25) is 0 Å². The van der Waals surface area contributed by atoms with Crippen LogP contribution in [0, 0.1) is 17.0 Å². The van der Waals surface area contributed by atoms with Gasteiger partial charge in [0.05, 0.1) is 0 Å². The summed E-state index contributed by atoms with van der Waals surface area (Å²) in [6.45, 7) is 1.21. The zero-order chi connectivity index (χ0) is 12.3. The van der Waals surface area contributed by atoms with Crippen LogP contribution in [0.5, 0.6) is 0 Å². The smallest absolute Gasteiger partial charge is 0.135 e. The van der Waals surface area contributed by atoms with Crippen molar-refractivity contribution < 1.29 is 13.2 Å². The lowest BCUT2D eigenvalue weighted by atomic mass is 10.00. The molecule has 0 heterocycles.